The van der Waals surface area contributed by atoms with Gasteiger partial charge in [-0.15, -0.1) is 0 Å². The summed E-state index contributed by atoms with van der Waals surface area (Å²) in [4.78, 5) is 35.8. The minimum Gasteiger partial charge on any atom is -0.465 e. The highest BCUT2D eigenvalue weighted by atomic mass is 16.5. The number of ether oxygens (including phenoxy) is 1. The van der Waals surface area contributed by atoms with Gasteiger partial charge in [-0.25, -0.2) is 9.89 Å². The molecule has 2 N–H and O–H groups in total. The second kappa shape index (κ2) is 8.31. The summed E-state index contributed by atoms with van der Waals surface area (Å²) in [6, 6.07) is 9.89. The van der Waals surface area contributed by atoms with E-state index < -0.39 is 11.5 Å². The van der Waals surface area contributed by atoms with Crippen LogP contribution in [0.4, 0.5) is 0 Å². The standard InChI is InChI=1S/C19H20N4O4/c1-27-19(26)15-12-23(11-14-17(15)21-22-18(14)25)10-8-16(24)20-9-7-13-5-3-2-4-6-13/h2-6,11-12H,7-10H2,1H3,(H,20,24)(H,22,25). The Labute approximate surface area is 155 Å². The minimum absolute atomic E-state index is 0.104. The number of esters is 1. The van der Waals surface area contributed by atoms with Crippen molar-refractivity contribution in [3.8, 4) is 11.3 Å². The molecule has 2 aliphatic rings. The van der Waals surface area contributed by atoms with Crippen molar-refractivity contribution >= 4 is 11.9 Å². The Morgan fingerprint density at radius 1 is 1.22 bits per heavy atom. The van der Waals surface area contributed by atoms with Gasteiger partial charge < -0.3 is 14.6 Å². The lowest BCUT2D eigenvalue weighted by Gasteiger charge is -2.12. The molecular weight excluding hydrogens is 348 g/mol. The molecule has 0 spiro atoms. The van der Waals surface area contributed by atoms with Crippen LogP contribution in [-0.4, -0.2) is 40.3 Å². The molecule has 0 atom stereocenters. The fourth-order valence-electron chi connectivity index (χ4n) is 2.79. The van der Waals surface area contributed by atoms with Gasteiger partial charge in [0.15, 0.2) is 0 Å². The molecule has 8 nitrogen and oxygen atoms in total. The summed E-state index contributed by atoms with van der Waals surface area (Å²) in [7, 11) is 1.26. The lowest BCUT2D eigenvalue weighted by Crippen LogP contribution is -2.26. The molecule has 0 aromatic heterocycles. The van der Waals surface area contributed by atoms with Crippen molar-refractivity contribution in [3.63, 3.8) is 0 Å². The smallest absolute Gasteiger partial charge is 0.341 e. The summed E-state index contributed by atoms with van der Waals surface area (Å²) in [5, 5.41) is 9.06. The van der Waals surface area contributed by atoms with Crippen LogP contribution < -0.4 is 10.9 Å². The van der Waals surface area contributed by atoms with Crippen LogP contribution in [0.1, 0.15) is 22.3 Å². The van der Waals surface area contributed by atoms with Gasteiger partial charge in [0.2, 0.25) is 5.91 Å². The van der Waals surface area contributed by atoms with Crippen LogP contribution in [0, 0.1) is 0 Å². The highest BCUT2D eigenvalue weighted by Crippen LogP contribution is 2.20. The molecule has 1 amide bonds. The molecule has 1 aromatic carbocycles. The number of carbonyl (C=O) groups is 2. The number of hydrogen-bond acceptors (Lipinski definition) is 5. The van der Waals surface area contributed by atoms with Crippen LogP contribution >= 0.6 is 0 Å². The number of carbonyl (C=O) groups excluding carboxylic acids is 2. The molecule has 8 heteroatoms. The summed E-state index contributed by atoms with van der Waals surface area (Å²) in [5.74, 6) is -0.694. The Balaban J connectivity index is 1.61. The number of nitrogens with one attached hydrogen (secondary N) is 2. The third-order valence-corrected chi connectivity index (χ3v) is 4.20. The van der Waals surface area contributed by atoms with E-state index >= 15 is 0 Å². The zero-order chi connectivity index (χ0) is 19.2. The van der Waals surface area contributed by atoms with E-state index in [4.69, 9.17) is 4.74 Å². The second-order valence-corrected chi connectivity index (χ2v) is 6.05. The number of pyridine rings is 1. The predicted octanol–water partition coefficient (Wildman–Crippen LogP) is 1.21. The quantitative estimate of drug-likeness (QED) is 0.610. The summed E-state index contributed by atoms with van der Waals surface area (Å²) in [5.41, 5.74) is 1.48. The number of aryl methyl sites for hydroxylation is 1. The van der Waals surface area contributed by atoms with E-state index in [0.717, 1.165) is 12.0 Å². The Kier molecular flexibility index (Phi) is 5.65. The maximum atomic E-state index is 12.1. The summed E-state index contributed by atoms with van der Waals surface area (Å²) < 4.78 is 6.37. The van der Waals surface area contributed by atoms with Gasteiger partial charge in [0.1, 0.15) is 11.3 Å². The monoisotopic (exact) mass is 368 g/mol. The third kappa shape index (κ3) is 4.41. The van der Waals surface area contributed by atoms with E-state index in [1.165, 1.54) is 13.3 Å². The van der Waals surface area contributed by atoms with Crippen LogP contribution in [0.5, 0.6) is 0 Å². The van der Waals surface area contributed by atoms with Crippen molar-refractivity contribution < 1.29 is 14.3 Å². The SMILES string of the molecule is COC(=O)c1cn(CCC(=O)NCCc2ccccc2)cc2c(=O)[nH]nc1-2. The molecule has 2 aliphatic heterocycles. The minimum atomic E-state index is -0.590. The van der Waals surface area contributed by atoms with Gasteiger partial charge in [0.25, 0.3) is 5.56 Å². The molecule has 0 aliphatic carbocycles. The van der Waals surface area contributed by atoms with E-state index in [2.05, 4.69) is 15.5 Å². The first-order chi connectivity index (χ1) is 13.1. The molecule has 1 aromatic rings. The van der Waals surface area contributed by atoms with E-state index in [9.17, 15) is 14.4 Å². The highest BCUT2D eigenvalue weighted by molar-refractivity contribution is 5.95. The van der Waals surface area contributed by atoms with Gasteiger partial charge in [0, 0.05) is 31.9 Å². The molecule has 0 fully saturated rings. The number of hydrogen-bond donors (Lipinski definition) is 2. The topological polar surface area (TPSA) is 106 Å². The number of aromatic nitrogens is 3. The Bertz CT molecular complexity index is 961. The van der Waals surface area contributed by atoms with Crippen molar-refractivity contribution in [2.45, 2.75) is 19.4 Å². The van der Waals surface area contributed by atoms with Gasteiger partial charge in [-0.1, -0.05) is 30.3 Å². The molecule has 0 radical (unpaired) electrons. The maximum absolute atomic E-state index is 12.1. The summed E-state index contributed by atoms with van der Waals surface area (Å²) >= 11 is 0. The third-order valence-electron chi connectivity index (χ3n) is 4.20. The van der Waals surface area contributed by atoms with E-state index in [1.54, 1.807) is 10.8 Å². The van der Waals surface area contributed by atoms with Gasteiger partial charge >= 0.3 is 5.97 Å². The first-order valence-electron chi connectivity index (χ1n) is 8.55. The number of amides is 1. The molecule has 3 rings (SSSR count). The highest BCUT2D eigenvalue weighted by Gasteiger charge is 2.21. The normalized spacial score (nSPS) is 10.7. The number of fused-ring (bicyclic) bond motifs is 1. The van der Waals surface area contributed by atoms with Crippen LogP contribution in [0.25, 0.3) is 11.3 Å². The van der Waals surface area contributed by atoms with Crippen molar-refractivity contribution in [2.75, 3.05) is 13.7 Å². The number of methoxy groups -OCH3 is 1. The first kappa shape index (κ1) is 18.4. The van der Waals surface area contributed by atoms with Crippen LogP contribution in [-0.2, 0) is 22.5 Å². The molecule has 0 bridgehead atoms. The molecule has 27 heavy (non-hydrogen) atoms. The molecular formula is C19H20N4O4. The Hall–Kier alpha value is -3.42. The predicted molar refractivity (Wildman–Crippen MR) is 98.6 cm³/mol. The van der Waals surface area contributed by atoms with Crippen molar-refractivity contribution in [3.05, 3.63) is 64.2 Å². The Morgan fingerprint density at radius 3 is 2.74 bits per heavy atom. The molecule has 0 unspecified atom stereocenters. The number of aromatic amines is 1. The van der Waals surface area contributed by atoms with Crippen LogP contribution in [0.15, 0.2) is 47.5 Å². The molecule has 0 saturated heterocycles. The first-order valence-corrected chi connectivity index (χ1v) is 8.55. The van der Waals surface area contributed by atoms with Crippen molar-refractivity contribution in [1.29, 1.82) is 0 Å². The van der Waals surface area contributed by atoms with Crippen molar-refractivity contribution in [1.82, 2.24) is 20.1 Å². The summed E-state index contributed by atoms with van der Waals surface area (Å²) in [6.45, 7) is 0.869. The zero-order valence-corrected chi connectivity index (χ0v) is 14.9. The molecule has 0 saturated carbocycles. The average molecular weight is 368 g/mol. The number of H-pyrrole nitrogens is 1. The number of rotatable bonds is 7. The van der Waals surface area contributed by atoms with Crippen LogP contribution in [0.2, 0.25) is 0 Å². The second-order valence-electron chi connectivity index (χ2n) is 6.05. The largest absolute Gasteiger partial charge is 0.465 e. The molecule has 140 valence electrons. The van der Waals surface area contributed by atoms with E-state index in [-0.39, 0.29) is 29.1 Å². The van der Waals surface area contributed by atoms with Gasteiger partial charge in [0.05, 0.1) is 12.7 Å². The van der Waals surface area contributed by atoms with E-state index in [1.807, 2.05) is 30.3 Å². The van der Waals surface area contributed by atoms with Gasteiger partial charge in [-0.05, 0) is 12.0 Å². The van der Waals surface area contributed by atoms with Crippen LogP contribution in [0.3, 0.4) is 0 Å². The lowest BCUT2D eigenvalue weighted by molar-refractivity contribution is -0.121. The molecule has 2 heterocycles. The Morgan fingerprint density at radius 2 is 2.00 bits per heavy atom. The van der Waals surface area contributed by atoms with Gasteiger partial charge in [-0.3, -0.25) is 9.59 Å². The van der Waals surface area contributed by atoms with E-state index in [0.29, 0.717) is 13.1 Å². The lowest BCUT2D eigenvalue weighted by atomic mass is 10.1. The summed E-state index contributed by atoms with van der Waals surface area (Å²) in [6.07, 6.45) is 4.08. The van der Waals surface area contributed by atoms with Gasteiger partial charge in [-0.2, -0.15) is 5.10 Å². The number of nitrogens with zero attached hydrogens (tertiary/aromatic N) is 2. The fourth-order valence-corrected chi connectivity index (χ4v) is 2.79. The fraction of sp³-hybridized carbons (Fsp3) is 0.263. The van der Waals surface area contributed by atoms with Crippen molar-refractivity contribution in [2.24, 2.45) is 0 Å². The zero-order valence-electron chi connectivity index (χ0n) is 14.9. The average Bonchev–Trinajstić information content (AvgIpc) is 3.07. The maximum Gasteiger partial charge on any atom is 0.341 e. The number of benzene rings is 1.